The van der Waals surface area contributed by atoms with E-state index in [4.69, 9.17) is 9.47 Å². The lowest BCUT2D eigenvalue weighted by Crippen LogP contribution is -2.31. The molecular formula is C40H72O2. The molecule has 1 heterocycles. The van der Waals surface area contributed by atoms with Gasteiger partial charge >= 0.3 is 0 Å². The van der Waals surface area contributed by atoms with Crippen LogP contribution in [0, 0.1) is 5.92 Å². The smallest absolute Gasteiger partial charge is 0.169 e. The normalized spacial score (nSPS) is 23.2. The van der Waals surface area contributed by atoms with E-state index in [1.165, 1.54) is 154 Å². The van der Waals surface area contributed by atoms with E-state index in [0.717, 1.165) is 25.2 Å². The van der Waals surface area contributed by atoms with Crippen LogP contribution in [-0.2, 0) is 9.47 Å². The van der Waals surface area contributed by atoms with Crippen LogP contribution >= 0.6 is 0 Å². The number of unbranched alkanes of at least 4 members (excludes halogenated alkanes) is 15. The lowest BCUT2D eigenvalue weighted by Gasteiger charge is -2.29. The Kier molecular flexibility index (Phi) is 22.6. The van der Waals surface area contributed by atoms with Crippen molar-refractivity contribution in [1.29, 1.82) is 0 Å². The van der Waals surface area contributed by atoms with Crippen molar-refractivity contribution < 1.29 is 9.47 Å². The largest absolute Gasteiger partial charge is 0.344 e. The Balaban J connectivity index is 1.49. The van der Waals surface area contributed by atoms with Crippen molar-refractivity contribution in [3.05, 3.63) is 36.5 Å². The minimum absolute atomic E-state index is 0.258. The van der Waals surface area contributed by atoms with Gasteiger partial charge in [0.25, 0.3) is 0 Å². The molecule has 2 aliphatic rings. The zero-order valence-electron chi connectivity index (χ0n) is 28.6. The second kappa shape index (κ2) is 25.5. The van der Waals surface area contributed by atoms with E-state index in [1.807, 2.05) is 0 Å². The number of hydrogen-bond acceptors (Lipinski definition) is 2. The van der Waals surface area contributed by atoms with E-state index in [9.17, 15) is 0 Å². The van der Waals surface area contributed by atoms with Gasteiger partial charge in [-0.25, -0.2) is 0 Å². The van der Waals surface area contributed by atoms with Crippen molar-refractivity contribution in [3.63, 3.8) is 0 Å². The van der Waals surface area contributed by atoms with Gasteiger partial charge in [-0.1, -0.05) is 147 Å². The van der Waals surface area contributed by atoms with Crippen LogP contribution in [-0.4, -0.2) is 18.0 Å². The SMILES string of the molecule is CCCC/C=C/C/C=C\CCCCCCCCC1(CCCCCCCCC(C)C/C=C/CCCC)OC2CCCC2O1. The van der Waals surface area contributed by atoms with Gasteiger partial charge in [-0.15, -0.1) is 0 Å². The number of hydrogen-bond donors (Lipinski definition) is 0. The first-order chi connectivity index (χ1) is 20.7. The van der Waals surface area contributed by atoms with Gasteiger partial charge < -0.3 is 9.47 Å². The highest BCUT2D eigenvalue weighted by Crippen LogP contribution is 2.43. The van der Waals surface area contributed by atoms with Crippen LogP contribution in [0.25, 0.3) is 0 Å². The maximum atomic E-state index is 6.68. The van der Waals surface area contributed by atoms with Crippen molar-refractivity contribution in [1.82, 2.24) is 0 Å². The summed E-state index contributed by atoms with van der Waals surface area (Å²) in [6.07, 6.45) is 49.9. The standard InChI is InChI=1S/C40H72O2/c1-4-6-8-10-11-12-13-14-15-16-17-18-20-24-28-35-40(41-38-33-30-34-39(38)42-40)36-29-25-21-19-23-27-32-37(3)31-26-22-9-7-5-2/h10-11,13-14,22,26,37-39H,4-9,12,15-21,23-25,27-36H2,1-3H3/b11-10+,14-13-,26-22+. The topological polar surface area (TPSA) is 18.5 Å². The van der Waals surface area contributed by atoms with Gasteiger partial charge in [0.05, 0.1) is 12.2 Å². The average Bonchev–Trinajstić information content (AvgIpc) is 3.56. The Morgan fingerprint density at radius 3 is 1.62 bits per heavy atom. The summed E-state index contributed by atoms with van der Waals surface area (Å²) >= 11 is 0. The third kappa shape index (κ3) is 18.1. The molecule has 3 unspecified atom stereocenters. The third-order valence-corrected chi connectivity index (χ3v) is 9.57. The Labute approximate surface area is 263 Å². The number of rotatable bonds is 28. The molecular weight excluding hydrogens is 512 g/mol. The summed E-state index contributed by atoms with van der Waals surface area (Å²) in [7, 11) is 0. The zero-order valence-corrected chi connectivity index (χ0v) is 28.6. The fraction of sp³-hybridized carbons (Fsp3) is 0.850. The molecule has 0 radical (unpaired) electrons. The maximum absolute atomic E-state index is 6.68. The molecule has 0 aromatic carbocycles. The summed E-state index contributed by atoms with van der Waals surface area (Å²) in [5.74, 6) is 0.583. The Morgan fingerprint density at radius 1 is 0.571 bits per heavy atom. The first-order valence-electron chi connectivity index (χ1n) is 19.0. The van der Waals surface area contributed by atoms with Crippen LogP contribution in [0.2, 0.25) is 0 Å². The van der Waals surface area contributed by atoms with Crippen LogP contribution < -0.4 is 0 Å². The van der Waals surface area contributed by atoms with Crippen molar-refractivity contribution in [2.24, 2.45) is 5.92 Å². The van der Waals surface area contributed by atoms with E-state index in [0.29, 0.717) is 12.2 Å². The van der Waals surface area contributed by atoms with Crippen LogP contribution in [0.4, 0.5) is 0 Å². The van der Waals surface area contributed by atoms with Gasteiger partial charge in [-0.05, 0) is 76.5 Å². The number of ether oxygens (including phenoxy) is 2. The van der Waals surface area contributed by atoms with Crippen molar-refractivity contribution in [3.8, 4) is 0 Å². The van der Waals surface area contributed by atoms with Gasteiger partial charge in [-0.3, -0.25) is 0 Å². The highest BCUT2D eigenvalue weighted by atomic mass is 16.8. The van der Waals surface area contributed by atoms with Crippen molar-refractivity contribution in [2.45, 2.75) is 212 Å². The molecule has 244 valence electrons. The summed E-state index contributed by atoms with van der Waals surface area (Å²) < 4.78 is 13.4. The lowest BCUT2D eigenvalue weighted by atomic mass is 9.97. The maximum Gasteiger partial charge on any atom is 0.169 e. The molecule has 0 N–H and O–H groups in total. The highest BCUT2D eigenvalue weighted by Gasteiger charge is 2.48. The molecule has 2 nitrogen and oxygen atoms in total. The monoisotopic (exact) mass is 585 g/mol. The molecule has 2 fully saturated rings. The van der Waals surface area contributed by atoms with Crippen LogP contribution in [0.15, 0.2) is 36.5 Å². The van der Waals surface area contributed by atoms with Gasteiger partial charge in [-0.2, -0.15) is 0 Å². The van der Waals surface area contributed by atoms with Crippen molar-refractivity contribution in [2.75, 3.05) is 0 Å². The van der Waals surface area contributed by atoms with Crippen molar-refractivity contribution >= 4 is 0 Å². The summed E-state index contributed by atoms with van der Waals surface area (Å²) in [5.41, 5.74) is 0. The van der Waals surface area contributed by atoms with Crippen LogP contribution in [0.3, 0.4) is 0 Å². The molecule has 0 bridgehead atoms. The third-order valence-electron chi connectivity index (χ3n) is 9.57. The molecule has 0 amide bonds. The average molecular weight is 585 g/mol. The fourth-order valence-electron chi connectivity index (χ4n) is 6.77. The molecule has 2 rings (SSSR count). The second-order valence-electron chi connectivity index (χ2n) is 13.7. The summed E-state index contributed by atoms with van der Waals surface area (Å²) in [6.45, 7) is 6.96. The molecule has 0 aromatic heterocycles. The van der Waals surface area contributed by atoms with E-state index in [1.54, 1.807) is 0 Å². The number of fused-ring (bicyclic) bond motifs is 1. The zero-order chi connectivity index (χ0) is 30.0. The Morgan fingerprint density at radius 2 is 1.05 bits per heavy atom. The Hall–Kier alpha value is -0.860. The summed E-state index contributed by atoms with van der Waals surface area (Å²) in [5, 5.41) is 0. The van der Waals surface area contributed by atoms with Gasteiger partial charge in [0.1, 0.15) is 0 Å². The van der Waals surface area contributed by atoms with Crippen LogP contribution in [0.5, 0.6) is 0 Å². The predicted molar refractivity (Wildman–Crippen MR) is 185 cm³/mol. The van der Waals surface area contributed by atoms with E-state index >= 15 is 0 Å². The van der Waals surface area contributed by atoms with E-state index in [2.05, 4.69) is 57.2 Å². The minimum Gasteiger partial charge on any atom is -0.344 e. The van der Waals surface area contributed by atoms with Gasteiger partial charge in [0, 0.05) is 12.8 Å². The molecule has 0 spiro atoms. The minimum atomic E-state index is -0.258. The summed E-state index contributed by atoms with van der Waals surface area (Å²) in [4.78, 5) is 0. The first kappa shape index (κ1) is 37.3. The first-order valence-corrected chi connectivity index (χ1v) is 19.0. The molecule has 1 saturated carbocycles. The molecule has 42 heavy (non-hydrogen) atoms. The van der Waals surface area contributed by atoms with Gasteiger partial charge in [0.15, 0.2) is 5.79 Å². The van der Waals surface area contributed by atoms with E-state index < -0.39 is 0 Å². The second-order valence-corrected chi connectivity index (χ2v) is 13.7. The Bertz CT molecular complexity index is 680. The fourth-order valence-corrected chi connectivity index (χ4v) is 6.77. The molecule has 2 heteroatoms. The number of allylic oxidation sites excluding steroid dienone is 6. The quantitative estimate of drug-likeness (QED) is 0.0672. The van der Waals surface area contributed by atoms with Gasteiger partial charge in [0.2, 0.25) is 0 Å². The molecule has 1 aliphatic carbocycles. The van der Waals surface area contributed by atoms with E-state index in [-0.39, 0.29) is 5.79 Å². The lowest BCUT2D eigenvalue weighted by molar-refractivity contribution is -0.190. The molecule has 1 saturated heterocycles. The predicted octanol–water partition coefficient (Wildman–Crippen LogP) is 13.4. The van der Waals surface area contributed by atoms with Crippen LogP contribution in [0.1, 0.15) is 194 Å². The molecule has 3 atom stereocenters. The molecule has 1 aliphatic heterocycles. The summed E-state index contributed by atoms with van der Waals surface area (Å²) in [6, 6.07) is 0. The highest BCUT2D eigenvalue weighted by molar-refractivity contribution is 4.93. The molecule has 0 aromatic rings.